The minimum atomic E-state index is -3.83. The summed E-state index contributed by atoms with van der Waals surface area (Å²) in [6.07, 6.45) is 3.54. The van der Waals surface area contributed by atoms with Crippen molar-refractivity contribution in [3.05, 3.63) is 51.9 Å². The van der Waals surface area contributed by atoms with Gasteiger partial charge in [-0.2, -0.15) is 4.31 Å². The van der Waals surface area contributed by atoms with E-state index in [0.717, 1.165) is 25.7 Å². The minimum Gasteiger partial charge on any atom is -0.466 e. The molecule has 30 heavy (non-hydrogen) atoms. The van der Waals surface area contributed by atoms with E-state index in [-0.39, 0.29) is 15.5 Å². The number of aryl methyl sites for hydroxylation is 2. The van der Waals surface area contributed by atoms with Gasteiger partial charge in [-0.1, -0.05) is 24.4 Å². The first kappa shape index (κ1) is 22.3. The lowest BCUT2D eigenvalue weighted by atomic mass is 10.2. The number of amides is 2. The van der Waals surface area contributed by atoms with Gasteiger partial charge in [-0.3, -0.25) is 20.4 Å². The molecule has 2 N–H and O–H groups in total. The summed E-state index contributed by atoms with van der Waals surface area (Å²) in [7, 11) is -3.83. The van der Waals surface area contributed by atoms with Gasteiger partial charge in [0.05, 0.1) is 10.6 Å². The minimum absolute atomic E-state index is 0.0457. The van der Waals surface area contributed by atoms with E-state index in [1.165, 1.54) is 22.5 Å². The molecule has 0 unspecified atom stereocenters. The first-order valence-electron chi connectivity index (χ1n) is 9.67. The lowest BCUT2D eigenvalue weighted by molar-refractivity contribution is 0.0845. The summed E-state index contributed by atoms with van der Waals surface area (Å²) in [5.41, 5.74) is 4.96. The maximum Gasteiger partial charge on any atom is 0.273 e. The molecule has 1 aliphatic heterocycles. The van der Waals surface area contributed by atoms with Crippen molar-refractivity contribution in [3.63, 3.8) is 0 Å². The Bertz CT molecular complexity index is 1060. The monoisotopic (exact) mass is 453 g/mol. The summed E-state index contributed by atoms with van der Waals surface area (Å²) in [5.74, 6) is -0.198. The predicted octanol–water partition coefficient (Wildman–Crippen LogP) is 3.19. The number of furan rings is 1. The van der Waals surface area contributed by atoms with Gasteiger partial charge in [0.15, 0.2) is 0 Å². The second-order valence-electron chi connectivity index (χ2n) is 7.20. The van der Waals surface area contributed by atoms with E-state index in [4.69, 9.17) is 16.0 Å². The van der Waals surface area contributed by atoms with Crippen LogP contribution in [-0.2, 0) is 10.0 Å². The molecular weight excluding hydrogens is 430 g/mol. The van der Waals surface area contributed by atoms with Gasteiger partial charge in [0.1, 0.15) is 16.4 Å². The van der Waals surface area contributed by atoms with Gasteiger partial charge in [-0.05, 0) is 51.0 Å². The highest BCUT2D eigenvalue weighted by Crippen LogP contribution is 2.27. The van der Waals surface area contributed by atoms with Crippen molar-refractivity contribution in [3.8, 4) is 0 Å². The zero-order valence-corrected chi connectivity index (χ0v) is 18.4. The molecule has 0 radical (unpaired) electrons. The largest absolute Gasteiger partial charge is 0.466 e. The zero-order chi connectivity index (χ0) is 21.9. The molecule has 0 bridgehead atoms. The Balaban J connectivity index is 1.76. The number of rotatable bonds is 4. The number of nitrogens with zero attached hydrogens (tertiary/aromatic N) is 1. The topological polar surface area (TPSA) is 109 Å². The highest BCUT2D eigenvalue weighted by Gasteiger charge is 2.28. The molecule has 2 aromatic rings. The zero-order valence-electron chi connectivity index (χ0n) is 16.8. The van der Waals surface area contributed by atoms with Crippen LogP contribution in [0.4, 0.5) is 0 Å². The van der Waals surface area contributed by atoms with Crippen molar-refractivity contribution in [1.82, 2.24) is 15.2 Å². The third-order valence-electron chi connectivity index (χ3n) is 4.95. The second kappa shape index (κ2) is 9.20. The van der Waals surface area contributed by atoms with Crippen LogP contribution in [-0.4, -0.2) is 37.6 Å². The van der Waals surface area contributed by atoms with Crippen molar-refractivity contribution in [2.24, 2.45) is 0 Å². The molecule has 0 saturated carbocycles. The first-order chi connectivity index (χ1) is 14.2. The fraction of sp³-hybridized carbons (Fsp3) is 0.400. The maximum atomic E-state index is 13.1. The third kappa shape index (κ3) is 4.85. The SMILES string of the molecule is Cc1cc(C(=O)NNC(=O)c2ccc(Cl)c(S(=O)(=O)N3CCCCCC3)c2)c(C)o1. The Morgan fingerprint density at radius 3 is 2.23 bits per heavy atom. The van der Waals surface area contributed by atoms with Gasteiger partial charge in [0.25, 0.3) is 11.8 Å². The standard InChI is InChI=1S/C20H24ClN3O5S/c1-13-11-16(14(2)29-13)20(26)23-22-19(25)15-7-8-17(21)18(12-15)30(27,28)24-9-5-3-4-6-10-24/h7-8,11-12H,3-6,9-10H2,1-2H3,(H,22,25)(H,23,26). The van der Waals surface area contributed by atoms with Crippen LogP contribution in [0.25, 0.3) is 0 Å². The van der Waals surface area contributed by atoms with Gasteiger partial charge >= 0.3 is 0 Å². The van der Waals surface area contributed by atoms with E-state index in [9.17, 15) is 18.0 Å². The Morgan fingerprint density at radius 2 is 1.63 bits per heavy atom. The molecule has 0 spiro atoms. The van der Waals surface area contributed by atoms with Gasteiger partial charge in [-0.15, -0.1) is 0 Å². The molecule has 0 atom stereocenters. The van der Waals surface area contributed by atoms with Crippen LogP contribution >= 0.6 is 11.6 Å². The fourth-order valence-corrected chi connectivity index (χ4v) is 5.39. The summed E-state index contributed by atoms with van der Waals surface area (Å²) in [4.78, 5) is 24.6. The van der Waals surface area contributed by atoms with Crippen LogP contribution in [0.3, 0.4) is 0 Å². The quantitative estimate of drug-likeness (QED) is 0.691. The van der Waals surface area contributed by atoms with Crippen LogP contribution in [0.2, 0.25) is 5.02 Å². The first-order valence-corrected chi connectivity index (χ1v) is 11.5. The molecule has 1 aromatic carbocycles. The predicted molar refractivity (Wildman–Crippen MR) is 112 cm³/mol. The third-order valence-corrected chi connectivity index (χ3v) is 7.33. The summed E-state index contributed by atoms with van der Waals surface area (Å²) in [5, 5.41) is 0.0457. The van der Waals surface area contributed by atoms with Crippen LogP contribution in [0.15, 0.2) is 33.6 Å². The van der Waals surface area contributed by atoms with E-state index in [2.05, 4.69) is 10.9 Å². The van der Waals surface area contributed by atoms with E-state index < -0.39 is 21.8 Å². The molecule has 10 heteroatoms. The smallest absolute Gasteiger partial charge is 0.273 e. The molecular formula is C20H24ClN3O5S. The lowest BCUT2D eigenvalue weighted by Crippen LogP contribution is -2.41. The number of sulfonamides is 1. The molecule has 1 fully saturated rings. The number of nitrogens with one attached hydrogen (secondary N) is 2. The summed E-state index contributed by atoms with van der Waals surface area (Å²) >= 11 is 6.16. The molecule has 1 aliphatic rings. The van der Waals surface area contributed by atoms with E-state index in [1.54, 1.807) is 19.9 Å². The summed E-state index contributed by atoms with van der Waals surface area (Å²) in [6, 6.07) is 5.56. The van der Waals surface area contributed by atoms with Gasteiger partial charge < -0.3 is 4.42 Å². The average molecular weight is 454 g/mol. The van der Waals surface area contributed by atoms with E-state index >= 15 is 0 Å². The number of hydrazine groups is 1. The lowest BCUT2D eigenvalue weighted by Gasteiger charge is -2.21. The Labute approximate surface area is 180 Å². The van der Waals surface area contributed by atoms with Crippen LogP contribution < -0.4 is 10.9 Å². The van der Waals surface area contributed by atoms with Crippen molar-refractivity contribution in [2.45, 2.75) is 44.4 Å². The fourth-order valence-electron chi connectivity index (χ4n) is 3.37. The molecule has 3 rings (SSSR count). The maximum absolute atomic E-state index is 13.1. The van der Waals surface area contributed by atoms with Crippen molar-refractivity contribution in [2.75, 3.05) is 13.1 Å². The number of hydrogen-bond acceptors (Lipinski definition) is 5. The van der Waals surface area contributed by atoms with Gasteiger partial charge in [-0.25, -0.2) is 8.42 Å². The molecule has 1 aromatic heterocycles. The number of benzene rings is 1. The number of hydrogen-bond donors (Lipinski definition) is 2. The van der Waals surface area contributed by atoms with Crippen molar-refractivity contribution >= 4 is 33.4 Å². The van der Waals surface area contributed by atoms with Crippen molar-refractivity contribution in [1.29, 1.82) is 0 Å². The molecule has 2 heterocycles. The van der Waals surface area contributed by atoms with Crippen LogP contribution in [0.1, 0.15) is 57.9 Å². The highest BCUT2D eigenvalue weighted by molar-refractivity contribution is 7.89. The van der Waals surface area contributed by atoms with Crippen molar-refractivity contribution < 1.29 is 22.4 Å². The number of carbonyl (C=O) groups is 2. The molecule has 2 amide bonds. The van der Waals surface area contributed by atoms with Gasteiger partial charge in [0, 0.05) is 18.7 Å². The molecule has 162 valence electrons. The molecule has 0 aliphatic carbocycles. The normalized spacial score (nSPS) is 15.4. The number of halogens is 1. The Hall–Kier alpha value is -2.36. The Kier molecular flexibility index (Phi) is 6.84. The number of carbonyl (C=O) groups excluding carboxylic acids is 2. The molecule has 1 saturated heterocycles. The van der Waals surface area contributed by atoms with E-state index in [0.29, 0.717) is 30.2 Å². The Morgan fingerprint density at radius 1 is 1.00 bits per heavy atom. The second-order valence-corrected chi connectivity index (χ2v) is 9.51. The van der Waals surface area contributed by atoms with Crippen LogP contribution in [0, 0.1) is 13.8 Å². The van der Waals surface area contributed by atoms with Crippen LogP contribution in [0.5, 0.6) is 0 Å². The summed E-state index contributed by atoms with van der Waals surface area (Å²) < 4.78 is 32.8. The average Bonchev–Trinajstić information content (AvgIpc) is 2.89. The highest BCUT2D eigenvalue weighted by atomic mass is 35.5. The van der Waals surface area contributed by atoms with Gasteiger partial charge in [0.2, 0.25) is 10.0 Å². The van der Waals surface area contributed by atoms with E-state index in [1.807, 2.05) is 0 Å². The molecule has 8 nitrogen and oxygen atoms in total. The summed E-state index contributed by atoms with van der Waals surface area (Å²) in [6.45, 7) is 4.20.